The van der Waals surface area contributed by atoms with E-state index in [0.717, 1.165) is 30.8 Å². The van der Waals surface area contributed by atoms with Gasteiger partial charge in [0.05, 0.1) is 7.11 Å². The lowest BCUT2D eigenvalue weighted by molar-refractivity contribution is 0.175. The topological polar surface area (TPSA) is 21.3 Å². The van der Waals surface area contributed by atoms with Crippen molar-refractivity contribution in [3.05, 3.63) is 29.6 Å². The first kappa shape index (κ1) is 11.0. The molecular formula is C14H18FNO. The Hall–Kier alpha value is -1.09. The van der Waals surface area contributed by atoms with Crippen molar-refractivity contribution in [1.82, 2.24) is 5.32 Å². The van der Waals surface area contributed by atoms with Crippen LogP contribution in [0.4, 0.5) is 4.39 Å². The van der Waals surface area contributed by atoms with Crippen LogP contribution >= 0.6 is 0 Å². The number of benzene rings is 1. The molecule has 92 valence electrons. The van der Waals surface area contributed by atoms with Crippen molar-refractivity contribution in [3.63, 3.8) is 0 Å². The SMILES string of the molecule is COc1ccc(F)cc1C1CCC2(CNC2)C1. The molecule has 1 spiro atoms. The third kappa shape index (κ3) is 1.82. The van der Waals surface area contributed by atoms with Crippen molar-refractivity contribution in [2.45, 2.75) is 25.2 Å². The molecule has 0 bridgehead atoms. The van der Waals surface area contributed by atoms with E-state index in [0.29, 0.717) is 11.3 Å². The predicted molar refractivity (Wildman–Crippen MR) is 64.8 cm³/mol. The summed E-state index contributed by atoms with van der Waals surface area (Å²) in [4.78, 5) is 0. The molecule has 1 unspecified atom stereocenters. The number of halogens is 1. The van der Waals surface area contributed by atoms with Crippen LogP contribution in [-0.2, 0) is 0 Å². The summed E-state index contributed by atoms with van der Waals surface area (Å²) in [7, 11) is 1.66. The van der Waals surface area contributed by atoms with Crippen LogP contribution in [0.25, 0.3) is 0 Å². The predicted octanol–water partition coefficient (Wildman–Crippen LogP) is 2.69. The highest BCUT2D eigenvalue weighted by molar-refractivity contribution is 5.38. The lowest BCUT2D eigenvalue weighted by Crippen LogP contribution is -2.51. The summed E-state index contributed by atoms with van der Waals surface area (Å²) >= 11 is 0. The maximum Gasteiger partial charge on any atom is 0.123 e. The average molecular weight is 235 g/mol. The van der Waals surface area contributed by atoms with E-state index >= 15 is 0 Å². The van der Waals surface area contributed by atoms with Crippen LogP contribution in [-0.4, -0.2) is 20.2 Å². The summed E-state index contributed by atoms with van der Waals surface area (Å²) in [5.41, 5.74) is 1.54. The van der Waals surface area contributed by atoms with E-state index in [1.165, 1.54) is 18.9 Å². The number of hydrogen-bond donors (Lipinski definition) is 1. The monoisotopic (exact) mass is 235 g/mol. The highest BCUT2D eigenvalue weighted by Gasteiger charge is 2.44. The van der Waals surface area contributed by atoms with Crippen LogP contribution in [0.2, 0.25) is 0 Å². The summed E-state index contributed by atoms with van der Waals surface area (Å²) in [6.07, 6.45) is 3.58. The first-order valence-corrected chi connectivity index (χ1v) is 6.27. The van der Waals surface area contributed by atoms with Gasteiger partial charge in [-0.25, -0.2) is 4.39 Å². The van der Waals surface area contributed by atoms with E-state index in [-0.39, 0.29) is 5.82 Å². The molecule has 1 heterocycles. The van der Waals surface area contributed by atoms with Gasteiger partial charge in [0.2, 0.25) is 0 Å². The van der Waals surface area contributed by atoms with Crippen molar-refractivity contribution in [1.29, 1.82) is 0 Å². The fourth-order valence-electron chi connectivity index (χ4n) is 3.30. The van der Waals surface area contributed by atoms with E-state index in [1.807, 2.05) is 0 Å². The summed E-state index contributed by atoms with van der Waals surface area (Å²) in [5, 5.41) is 3.35. The van der Waals surface area contributed by atoms with Crippen LogP contribution in [0.3, 0.4) is 0 Å². The third-order valence-electron chi connectivity index (χ3n) is 4.33. The van der Waals surface area contributed by atoms with Gasteiger partial charge in [-0.3, -0.25) is 0 Å². The normalized spacial score (nSPS) is 25.9. The molecule has 2 fully saturated rings. The van der Waals surface area contributed by atoms with E-state index < -0.39 is 0 Å². The molecule has 2 nitrogen and oxygen atoms in total. The molecular weight excluding hydrogens is 217 g/mol. The van der Waals surface area contributed by atoms with Crippen LogP contribution in [0.5, 0.6) is 5.75 Å². The standard InChI is InChI=1S/C14H18FNO/c1-17-13-3-2-11(15)6-12(13)10-4-5-14(7-10)8-16-9-14/h2-3,6,10,16H,4-5,7-9H2,1H3. The number of ether oxygens (including phenoxy) is 1. The zero-order chi connectivity index (χ0) is 11.9. The molecule has 1 aromatic carbocycles. The van der Waals surface area contributed by atoms with Crippen LogP contribution in [0, 0.1) is 11.2 Å². The zero-order valence-electron chi connectivity index (χ0n) is 10.1. The third-order valence-corrected chi connectivity index (χ3v) is 4.33. The quantitative estimate of drug-likeness (QED) is 0.851. The fraction of sp³-hybridized carbons (Fsp3) is 0.571. The van der Waals surface area contributed by atoms with Crippen molar-refractivity contribution in [3.8, 4) is 5.75 Å². The minimum absolute atomic E-state index is 0.159. The van der Waals surface area contributed by atoms with Crippen LogP contribution < -0.4 is 10.1 Å². The lowest BCUT2D eigenvalue weighted by atomic mass is 9.79. The largest absolute Gasteiger partial charge is 0.496 e. The van der Waals surface area contributed by atoms with Gasteiger partial charge in [-0.2, -0.15) is 0 Å². The number of methoxy groups -OCH3 is 1. The van der Waals surface area contributed by atoms with Crippen molar-refractivity contribution in [2.75, 3.05) is 20.2 Å². The van der Waals surface area contributed by atoms with E-state index in [9.17, 15) is 4.39 Å². The molecule has 1 atom stereocenters. The Morgan fingerprint density at radius 2 is 2.24 bits per heavy atom. The van der Waals surface area contributed by atoms with Gasteiger partial charge in [-0.05, 0) is 48.8 Å². The molecule has 1 aliphatic carbocycles. The molecule has 1 N–H and O–H groups in total. The van der Waals surface area contributed by atoms with Gasteiger partial charge in [0, 0.05) is 18.7 Å². The molecule has 1 aromatic rings. The summed E-state index contributed by atoms with van der Waals surface area (Å²) in [6.45, 7) is 2.25. The molecule has 0 radical (unpaired) electrons. The average Bonchev–Trinajstić information content (AvgIpc) is 2.73. The number of hydrogen-bond acceptors (Lipinski definition) is 2. The van der Waals surface area contributed by atoms with Gasteiger partial charge in [0.1, 0.15) is 11.6 Å². The maximum atomic E-state index is 13.4. The zero-order valence-corrected chi connectivity index (χ0v) is 10.1. The second kappa shape index (κ2) is 3.98. The molecule has 1 aliphatic heterocycles. The Balaban J connectivity index is 1.86. The molecule has 0 amide bonds. The van der Waals surface area contributed by atoms with Gasteiger partial charge < -0.3 is 10.1 Å². The fourth-order valence-corrected chi connectivity index (χ4v) is 3.30. The summed E-state index contributed by atoms with van der Waals surface area (Å²) in [5.74, 6) is 1.14. The molecule has 3 rings (SSSR count). The second-order valence-electron chi connectivity index (χ2n) is 5.43. The minimum Gasteiger partial charge on any atom is -0.496 e. The Morgan fingerprint density at radius 1 is 1.41 bits per heavy atom. The van der Waals surface area contributed by atoms with Crippen LogP contribution in [0.15, 0.2) is 18.2 Å². The summed E-state index contributed by atoms with van der Waals surface area (Å²) < 4.78 is 18.7. The van der Waals surface area contributed by atoms with Gasteiger partial charge in [-0.1, -0.05) is 0 Å². The molecule has 1 saturated carbocycles. The summed E-state index contributed by atoms with van der Waals surface area (Å²) in [6, 6.07) is 4.86. The Labute approximate surface area is 101 Å². The second-order valence-corrected chi connectivity index (χ2v) is 5.43. The van der Waals surface area contributed by atoms with Gasteiger partial charge in [-0.15, -0.1) is 0 Å². The smallest absolute Gasteiger partial charge is 0.123 e. The van der Waals surface area contributed by atoms with Gasteiger partial charge in [0.15, 0.2) is 0 Å². The first-order chi connectivity index (χ1) is 8.22. The molecule has 1 saturated heterocycles. The number of rotatable bonds is 2. The first-order valence-electron chi connectivity index (χ1n) is 6.27. The Bertz CT molecular complexity index is 428. The molecule has 3 heteroatoms. The number of nitrogens with one attached hydrogen (secondary N) is 1. The van der Waals surface area contributed by atoms with Gasteiger partial charge >= 0.3 is 0 Å². The van der Waals surface area contributed by atoms with Crippen molar-refractivity contribution < 1.29 is 9.13 Å². The van der Waals surface area contributed by atoms with Gasteiger partial charge in [0.25, 0.3) is 0 Å². The Morgan fingerprint density at radius 3 is 2.82 bits per heavy atom. The highest BCUT2D eigenvalue weighted by atomic mass is 19.1. The van der Waals surface area contributed by atoms with Crippen molar-refractivity contribution >= 4 is 0 Å². The minimum atomic E-state index is -0.159. The lowest BCUT2D eigenvalue weighted by Gasteiger charge is -2.39. The molecule has 2 aliphatic rings. The molecule has 17 heavy (non-hydrogen) atoms. The highest BCUT2D eigenvalue weighted by Crippen LogP contribution is 2.50. The Kier molecular flexibility index (Phi) is 2.58. The maximum absolute atomic E-state index is 13.4. The van der Waals surface area contributed by atoms with E-state index in [4.69, 9.17) is 4.74 Å². The van der Waals surface area contributed by atoms with E-state index in [2.05, 4.69) is 5.32 Å². The van der Waals surface area contributed by atoms with E-state index in [1.54, 1.807) is 19.2 Å². The molecule has 0 aromatic heterocycles. The van der Waals surface area contributed by atoms with Crippen LogP contribution in [0.1, 0.15) is 30.7 Å². The van der Waals surface area contributed by atoms with Crippen molar-refractivity contribution in [2.24, 2.45) is 5.41 Å².